The van der Waals surface area contributed by atoms with Crippen LogP contribution in [0.2, 0.25) is 5.02 Å². The van der Waals surface area contributed by atoms with Gasteiger partial charge in [0, 0.05) is 33.6 Å². The molecule has 5 nitrogen and oxygen atoms in total. The monoisotopic (exact) mass is 493 g/mol. The maximum Gasteiger partial charge on any atom is 0.275 e. The number of thioether (sulfide) groups is 1. The Hall–Kier alpha value is -3.00. The van der Waals surface area contributed by atoms with Crippen molar-refractivity contribution in [1.29, 1.82) is 0 Å². The number of anilines is 1. The quantitative estimate of drug-likeness (QED) is 0.217. The maximum atomic E-state index is 13.1. The minimum atomic E-state index is -0.378. The van der Waals surface area contributed by atoms with E-state index in [1.54, 1.807) is 36.5 Å². The van der Waals surface area contributed by atoms with Crippen LogP contribution >= 0.6 is 35.1 Å². The number of halogens is 1. The van der Waals surface area contributed by atoms with Gasteiger partial charge in [0.05, 0.1) is 4.90 Å². The van der Waals surface area contributed by atoms with E-state index in [0.29, 0.717) is 26.5 Å². The lowest BCUT2D eigenvalue weighted by Gasteiger charge is -2.11. The van der Waals surface area contributed by atoms with E-state index < -0.39 is 0 Å². The number of carbonyl (C=O) groups is 1. The first-order valence-corrected chi connectivity index (χ1v) is 12.2. The molecule has 2 N–H and O–H groups in total. The molecule has 0 bridgehead atoms. The summed E-state index contributed by atoms with van der Waals surface area (Å²) in [7, 11) is 0. The zero-order valence-corrected chi connectivity index (χ0v) is 20.0. The van der Waals surface area contributed by atoms with Gasteiger partial charge in [-0.25, -0.2) is 9.97 Å². The number of carbonyl (C=O) groups excluding carboxylic acids is 1. The Bertz CT molecular complexity index is 1280. The molecular formula is C25H20ClN3O2S2. The third kappa shape index (κ3) is 6.28. The fraction of sp³-hybridized carbons (Fsp3) is 0.0800. The van der Waals surface area contributed by atoms with Gasteiger partial charge in [0.2, 0.25) is 0 Å². The van der Waals surface area contributed by atoms with E-state index in [0.717, 1.165) is 4.90 Å². The molecule has 1 aromatic heterocycles. The van der Waals surface area contributed by atoms with Crippen molar-refractivity contribution in [3.63, 3.8) is 0 Å². The Morgan fingerprint density at radius 2 is 1.85 bits per heavy atom. The van der Waals surface area contributed by atoms with Crippen LogP contribution < -0.4 is 5.32 Å². The molecule has 0 radical (unpaired) electrons. The maximum absolute atomic E-state index is 13.1. The van der Waals surface area contributed by atoms with Crippen LogP contribution in [0.3, 0.4) is 0 Å². The van der Waals surface area contributed by atoms with Crippen molar-refractivity contribution < 1.29 is 9.90 Å². The fourth-order valence-electron chi connectivity index (χ4n) is 2.98. The lowest BCUT2D eigenvalue weighted by Crippen LogP contribution is -2.15. The highest BCUT2D eigenvalue weighted by Crippen LogP contribution is 2.32. The van der Waals surface area contributed by atoms with E-state index in [4.69, 9.17) is 11.6 Å². The minimum Gasteiger partial charge on any atom is -0.508 e. The van der Waals surface area contributed by atoms with Crippen LogP contribution in [0.1, 0.15) is 21.6 Å². The molecule has 166 valence electrons. The molecule has 8 heteroatoms. The number of aromatic hydroxyl groups is 1. The van der Waals surface area contributed by atoms with Crippen LogP contribution in [-0.2, 0) is 5.75 Å². The molecule has 4 rings (SSSR count). The van der Waals surface area contributed by atoms with E-state index in [9.17, 15) is 9.90 Å². The summed E-state index contributed by atoms with van der Waals surface area (Å²) < 4.78 is 0. The van der Waals surface area contributed by atoms with Crippen LogP contribution in [0.5, 0.6) is 5.75 Å². The van der Waals surface area contributed by atoms with E-state index in [1.807, 2.05) is 24.3 Å². The highest BCUT2D eigenvalue weighted by molar-refractivity contribution is 7.99. The summed E-state index contributed by atoms with van der Waals surface area (Å²) in [6.07, 6.45) is 1.67. The molecule has 0 spiro atoms. The SMILES string of the molecule is Cc1ccccc1CSc1ncc(Sc2ccc(Cl)cc2)c(C(=O)Nc2cccc(O)c2)n1. The summed E-state index contributed by atoms with van der Waals surface area (Å²) in [5.74, 6) is 0.391. The van der Waals surface area contributed by atoms with Crippen molar-refractivity contribution in [3.05, 3.63) is 101 Å². The van der Waals surface area contributed by atoms with Crippen molar-refractivity contribution >= 4 is 46.7 Å². The highest BCUT2D eigenvalue weighted by Gasteiger charge is 2.18. The molecule has 0 saturated heterocycles. The van der Waals surface area contributed by atoms with Gasteiger partial charge in [0.25, 0.3) is 5.91 Å². The first-order valence-electron chi connectivity index (χ1n) is 10.1. The zero-order valence-electron chi connectivity index (χ0n) is 17.7. The first-order chi connectivity index (χ1) is 16.0. The molecule has 4 aromatic rings. The second-order valence-corrected chi connectivity index (χ2v) is 9.64. The Morgan fingerprint density at radius 1 is 1.06 bits per heavy atom. The molecule has 0 aliphatic rings. The number of hydrogen-bond acceptors (Lipinski definition) is 6. The van der Waals surface area contributed by atoms with Gasteiger partial charge in [-0.1, -0.05) is 65.5 Å². The molecule has 3 aromatic carbocycles. The minimum absolute atomic E-state index is 0.0701. The smallest absolute Gasteiger partial charge is 0.275 e. The van der Waals surface area contributed by atoms with Crippen LogP contribution in [0, 0.1) is 6.92 Å². The lowest BCUT2D eigenvalue weighted by atomic mass is 10.1. The second-order valence-electron chi connectivity index (χ2n) is 7.14. The molecule has 0 aliphatic heterocycles. The zero-order chi connectivity index (χ0) is 23.2. The van der Waals surface area contributed by atoms with E-state index in [2.05, 4.69) is 34.3 Å². The van der Waals surface area contributed by atoms with Crippen molar-refractivity contribution in [2.24, 2.45) is 0 Å². The second kappa shape index (κ2) is 10.7. The highest BCUT2D eigenvalue weighted by atomic mass is 35.5. The Labute approximate surface area is 205 Å². The number of hydrogen-bond donors (Lipinski definition) is 2. The number of nitrogens with zero attached hydrogens (tertiary/aromatic N) is 2. The van der Waals surface area contributed by atoms with Gasteiger partial charge < -0.3 is 10.4 Å². The predicted molar refractivity (Wildman–Crippen MR) is 134 cm³/mol. The third-order valence-corrected chi connectivity index (χ3v) is 6.90. The summed E-state index contributed by atoms with van der Waals surface area (Å²) in [5.41, 5.74) is 3.13. The topological polar surface area (TPSA) is 75.1 Å². The molecule has 0 fully saturated rings. The summed E-state index contributed by atoms with van der Waals surface area (Å²) in [4.78, 5) is 23.7. The molecule has 0 aliphatic carbocycles. The molecule has 1 heterocycles. The molecule has 0 unspecified atom stereocenters. The molecule has 0 saturated carbocycles. The van der Waals surface area contributed by atoms with Crippen LogP contribution in [0.4, 0.5) is 5.69 Å². The number of aryl methyl sites for hydroxylation is 1. The molecular weight excluding hydrogens is 474 g/mol. The number of aromatic nitrogens is 2. The van der Waals surface area contributed by atoms with Crippen molar-refractivity contribution in [1.82, 2.24) is 9.97 Å². The van der Waals surface area contributed by atoms with Gasteiger partial charge in [-0.2, -0.15) is 0 Å². The van der Waals surface area contributed by atoms with Gasteiger partial charge in [0.15, 0.2) is 5.16 Å². The van der Waals surface area contributed by atoms with Crippen molar-refractivity contribution in [3.8, 4) is 5.75 Å². The number of phenolic OH excluding ortho intramolecular Hbond substituents is 1. The summed E-state index contributed by atoms with van der Waals surface area (Å²) in [6.45, 7) is 2.07. The summed E-state index contributed by atoms with van der Waals surface area (Å²) in [5, 5.41) is 13.7. The van der Waals surface area contributed by atoms with Gasteiger partial charge in [0.1, 0.15) is 11.4 Å². The lowest BCUT2D eigenvalue weighted by molar-refractivity contribution is 0.101. The molecule has 0 atom stereocenters. The number of rotatable bonds is 7. The van der Waals surface area contributed by atoms with Gasteiger partial charge in [-0.15, -0.1) is 0 Å². The van der Waals surface area contributed by atoms with Crippen molar-refractivity contribution in [2.45, 2.75) is 27.6 Å². The summed E-state index contributed by atoms with van der Waals surface area (Å²) in [6, 6.07) is 21.9. The van der Waals surface area contributed by atoms with E-state index in [1.165, 1.54) is 40.7 Å². The Morgan fingerprint density at radius 3 is 2.61 bits per heavy atom. The molecule has 33 heavy (non-hydrogen) atoms. The average Bonchev–Trinajstić information content (AvgIpc) is 2.80. The Kier molecular flexibility index (Phi) is 7.54. The number of nitrogens with one attached hydrogen (secondary N) is 1. The van der Waals surface area contributed by atoms with Crippen LogP contribution in [0.15, 0.2) is 93.9 Å². The van der Waals surface area contributed by atoms with Crippen molar-refractivity contribution in [2.75, 3.05) is 5.32 Å². The number of amides is 1. The van der Waals surface area contributed by atoms with E-state index >= 15 is 0 Å². The average molecular weight is 494 g/mol. The summed E-state index contributed by atoms with van der Waals surface area (Å²) >= 11 is 8.86. The number of benzene rings is 3. The van der Waals surface area contributed by atoms with Crippen LogP contribution in [-0.4, -0.2) is 21.0 Å². The van der Waals surface area contributed by atoms with Crippen LogP contribution in [0.25, 0.3) is 0 Å². The van der Waals surface area contributed by atoms with E-state index in [-0.39, 0.29) is 17.4 Å². The largest absolute Gasteiger partial charge is 0.508 e. The van der Waals surface area contributed by atoms with Gasteiger partial charge in [-0.3, -0.25) is 4.79 Å². The first kappa shape index (κ1) is 23.2. The van der Waals surface area contributed by atoms with Gasteiger partial charge in [-0.05, 0) is 54.4 Å². The van der Waals surface area contributed by atoms with Gasteiger partial charge >= 0.3 is 0 Å². The predicted octanol–water partition coefficient (Wildman–Crippen LogP) is 6.84. The molecule has 1 amide bonds. The normalized spacial score (nSPS) is 10.7. The standard InChI is InChI=1S/C25H20ClN3O2S2/c1-16-5-2-3-6-17(16)15-32-25-27-14-22(33-21-11-9-18(26)10-12-21)23(29-25)24(31)28-19-7-4-8-20(30)13-19/h2-14,30H,15H2,1H3,(H,28,31). The fourth-order valence-corrected chi connectivity index (χ4v) is 4.86. The Balaban J connectivity index is 1.61. The number of phenols is 1. The third-order valence-electron chi connectivity index (χ3n) is 4.71.